The highest BCUT2D eigenvalue weighted by Crippen LogP contribution is 2.30. The number of hydrogen-bond donors (Lipinski definition) is 1. The van der Waals surface area contributed by atoms with Crippen molar-refractivity contribution in [2.24, 2.45) is 0 Å². The zero-order valence-electron chi connectivity index (χ0n) is 11.5. The van der Waals surface area contributed by atoms with E-state index in [9.17, 15) is 28.1 Å². The molecule has 2 aromatic carbocycles. The predicted molar refractivity (Wildman–Crippen MR) is 74.3 cm³/mol. The maximum atomic E-state index is 12.7. The number of alkyl halides is 3. The summed E-state index contributed by atoms with van der Waals surface area (Å²) in [4.78, 5) is 21.2. The highest BCUT2D eigenvalue weighted by molar-refractivity contribution is 5.90. The molecule has 120 valence electrons. The topological polar surface area (TPSA) is 80.4 Å². The summed E-state index contributed by atoms with van der Waals surface area (Å²) in [5, 5.41) is 19.8. The third-order valence-electron chi connectivity index (χ3n) is 3.18. The van der Waals surface area contributed by atoms with E-state index in [1.54, 1.807) is 0 Å². The molecule has 23 heavy (non-hydrogen) atoms. The summed E-state index contributed by atoms with van der Waals surface area (Å²) >= 11 is 0. The number of non-ortho nitro benzene ring substituents is 1. The van der Waals surface area contributed by atoms with Crippen LogP contribution in [0.2, 0.25) is 0 Å². The SMILES string of the molecule is O=C(O)c1cc([N+](=O)[O-])ccc1Cc1cccc(C(F)(F)F)c1. The van der Waals surface area contributed by atoms with E-state index >= 15 is 0 Å². The Hall–Kier alpha value is -2.90. The van der Waals surface area contributed by atoms with Crippen molar-refractivity contribution >= 4 is 11.7 Å². The Balaban J connectivity index is 2.40. The molecule has 0 aliphatic carbocycles. The fraction of sp³-hybridized carbons (Fsp3) is 0.133. The quantitative estimate of drug-likeness (QED) is 0.683. The van der Waals surface area contributed by atoms with Gasteiger partial charge in [-0.3, -0.25) is 10.1 Å². The lowest BCUT2D eigenvalue weighted by Gasteiger charge is -2.10. The third-order valence-corrected chi connectivity index (χ3v) is 3.18. The standard InChI is InChI=1S/C15H10F3NO4/c16-15(17,18)11-3-1-2-9(7-11)6-10-4-5-12(19(22)23)8-13(10)14(20)21/h1-5,7-8H,6H2,(H,20,21). The molecule has 2 rings (SSSR count). The minimum Gasteiger partial charge on any atom is -0.478 e. The van der Waals surface area contributed by atoms with Crippen LogP contribution in [0.5, 0.6) is 0 Å². The van der Waals surface area contributed by atoms with Crippen LogP contribution in [0, 0.1) is 10.1 Å². The number of carboxylic acids is 1. The summed E-state index contributed by atoms with van der Waals surface area (Å²) in [6.45, 7) is 0. The van der Waals surface area contributed by atoms with Crippen LogP contribution in [0.4, 0.5) is 18.9 Å². The number of aromatic carboxylic acids is 1. The van der Waals surface area contributed by atoms with Gasteiger partial charge in [0.15, 0.2) is 0 Å². The van der Waals surface area contributed by atoms with Crippen LogP contribution in [-0.2, 0) is 12.6 Å². The summed E-state index contributed by atoms with van der Waals surface area (Å²) in [5.74, 6) is -1.38. The first-order chi connectivity index (χ1) is 10.7. The molecular weight excluding hydrogens is 315 g/mol. The van der Waals surface area contributed by atoms with Gasteiger partial charge in [-0.15, -0.1) is 0 Å². The smallest absolute Gasteiger partial charge is 0.416 e. The molecular formula is C15H10F3NO4. The first-order valence-electron chi connectivity index (χ1n) is 6.35. The molecule has 0 heterocycles. The van der Waals surface area contributed by atoms with Crippen molar-refractivity contribution < 1.29 is 28.0 Å². The van der Waals surface area contributed by atoms with Crippen LogP contribution < -0.4 is 0 Å². The van der Waals surface area contributed by atoms with Crippen molar-refractivity contribution in [3.63, 3.8) is 0 Å². The number of hydrogen-bond acceptors (Lipinski definition) is 3. The van der Waals surface area contributed by atoms with Crippen LogP contribution >= 0.6 is 0 Å². The summed E-state index contributed by atoms with van der Waals surface area (Å²) < 4.78 is 38.1. The Bertz CT molecular complexity index is 772. The minimum atomic E-state index is -4.50. The molecule has 0 radical (unpaired) electrons. The van der Waals surface area contributed by atoms with E-state index in [-0.39, 0.29) is 23.1 Å². The van der Waals surface area contributed by atoms with Crippen molar-refractivity contribution in [1.29, 1.82) is 0 Å². The molecule has 5 nitrogen and oxygen atoms in total. The van der Waals surface area contributed by atoms with Crippen LogP contribution in [0.3, 0.4) is 0 Å². The van der Waals surface area contributed by atoms with Gasteiger partial charge in [0.05, 0.1) is 16.1 Å². The molecule has 1 N–H and O–H groups in total. The van der Waals surface area contributed by atoms with Gasteiger partial charge >= 0.3 is 12.1 Å². The lowest BCUT2D eigenvalue weighted by atomic mass is 9.98. The number of carbonyl (C=O) groups is 1. The first-order valence-corrected chi connectivity index (χ1v) is 6.35. The molecule has 0 saturated carbocycles. The van der Waals surface area contributed by atoms with Gasteiger partial charge in [-0.25, -0.2) is 4.79 Å². The van der Waals surface area contributed by atoms with Crippen LogP contribution in [-0.4, -0.2) is 16.0 Å². The van der Waals surface area contributed by atoms with Gasteiger partial charge in [0, 0.05) is 12.1 Å². The largest absolute Gasteiger partial charge is 0.478 e. The molecule has 0 amide bonds. The van der Waals surface area contributed by atoms with E-state index in [4.69, 9.17) is 5.11 Å². The minimum absolute atomic E-state index is 0.0798. The van der Waals surface area contributed by atoms with Crippen molar-refractivity contribution in [2.75, 3.05) is 0 Å². The average Bonchev–Trinajstić information content (AvgIpc) is 2.46. The van der Waals surface area contributed by atoms with Crippen molar-refractivity contribution in [3.05, 3.63) is 74.8 Å². The Morgan fingerprint density at radius 3 is 2.43 bits per heavy atom. The number of carboxylic acid groups (broad SMARTS) is 1. The van der Waals surface area contributed by atoms with Gasteiger partial charge in [0.2, 0.25) is 0 Å². The third kappa shape index (κ3) is 3.85. The number of nitro benzene ring substituents is 1. The van der Waals surface area contributed by atoms with E-state index in [2.05, 4.69) is 0 Å². The predicted octanol–water partition coefficient (Wildman–Crippen LogP) is 3.90. The average molecular weight is 325 g/mol. The summed E-state index contributed by atoms with van der Waals surface area (Å²) in [6.07, 6.45) is -4.58. The lowest BCUT2D eigenvalue weighted by molar-refractivity contribution is -0.384. The molecule has 0 unspecified atom stereocenters. The fourth-order valence-electron chi connectivity index (χ4n) is 2.11. The lowest BCUT2D eigenvalue weighted by Crippen LogP contribution is -2.07. The van der Waals surface area contributed by atoms with E-state index in [1.165, 1.54) is 18.2 Å². The maximum Gasteiger partial charge on any atom is 0.416 e. The van der Waals surface area contributed by atoms with Crippen LogP contribution in [0.15, 0.2) is 42.5 Å². The van der Waals surface area contributed by atoms with E-state index in [1.807, 2.05) is 0 Å². The molecule has 0 aliphatic heterocycles. The molecule has 8 heteroatoms. The summed E-state index contributed by atoms with van der Waals surface area (Å²) in [7, 11) is 0. The Kier molecular flexibility index (Phi) is 4.35. The summed E-state index contributed by atoms with van der Waals surface area (Å²) in [6, 6.07) is 7.75. The van der Waals surface area contributed by atoms with E-state index in [0.29, 0.717) is 0 Å². The summed E-state index contributed by atoms with van der Waals surface area (Å²) in [5.41, 5.74) is -1.08. The second-order valence-electron chi connectivity index (χ2n) is 4.78. The zero-order chi connectivity index (χ0) is 17.2. The number of nitrogens with zero attached hydrogens (tertiary/aromatic N) is 1. The monoisotopic (exact) mass is 325 g/mol. The zero-order valence-corrected chi connectivity index (χ0v) is 11.5. The Morgan fingerprint density at radius 1 is 1.17 bits per heavy atom. The molecule has 0 aromatic heterocycles. The van der Waals surface area contributed by atoms with Gasteiger partial charge in [-0.2, -0.15) is 13.2 Å². The molecule has 0 bridgehead atoms. The van der Waals surface area contributed by atoms with Gasteiger partial charge in [0.25, 0.3) is 5.69 Å². The highest BCUT2D eigenvalue weighted by Gasteiger charge is 2.30. The first kappa shape index (κ1) is 16.5. The van der Waals surface area contributed by atoms with E-state index < -0.39 is 28.3 Å². The van der Waals surface area contributed by atoms with Crippen molar-refractivity contribution in [1.82, 2.24) is 0 Å². The van der Waals surface area contributed by atoms with Crippen LogP contribution in [0.1, 0.15) is 27.0 Å². The van der Waals surface area contributed by atoms with E-state index in [0.717, 1.165) is 24.3 Å². The van der Waals surface area contributed by atoms with Gasteiger partial charge in [-0.1, -0.05) is 24.3 Å². The van der Waals surface area contributed by atoms with Gasteiger partial charge in [-0.05, 0) is 23.6 Å². The normalized spacial score (nSPS) is 11.3. The Morgan fingerprint density at radius 2 is 1.87 bits per heavy atom. The van der Waals surface area contributed by atoms with Crippen molar-refractivity contribution in [2.45, 2.75) is 12.6 Å². The molecule has 0 spiro atoms. The van der Waals surface area contributed by atoms with Crippen molar-refractivity contribution in [3.8, 4) is 0 Å². The molecule has 0 aliphatic rings. The maximum absolute atomic E-state index is 12.7. The highest BCUT2D eigenvalue weighted by atomic mass is 19.4. The molecule has 0 saturated heterocycles. The number of rotatable bonds is 4. The fourth-order valence-corrected chi connectivity index (χ4v) is 2.11. The second kappa shape index (κ2) is 6.07. The van der Waals surface area contributed by atoms with Gasteiger partial charge in [0.1, 0.15) is 0 Å². The second-order valence-corrected chi connectivity index (χ2v) is 4.78. The molecule has 0 atom stereocenters. The van der Waals surface area contributed by atoms with Crippen LogP contribution in [0.25, 0.3) is 0 Å². The van der Waals surface area contributed by atoms with Gasteiger partial charge < -0.3 is 5.11 Å². The number of benzene rings is 2. The molecule has 2 aromatic rings. The number of halogens is 3. The number of nitro groups is 1. The Labute approximate surface area is 128 Å². The molecule has 0 fully saturated rings.